The number of piperazine rings is 1. The molecule has 0 N–H and O–H groups in total. The van der Waals surface area contributed by atoms with E-state index in [0.717, 1.165) is 54.2 Å². The summed E-state index contributed by atoms with van der Waals surface area (Å²) in [5.74, 6) is -0.186. The molecule has 0 atom stereocenters. The molecule has 1 fully saturated rings. The number of halogens is 2. The first kappa shape index (κ1) is 18.4. The van der Waals surface area contributed by atoms with Gasteiger partial charge in [0.25, 0.3) is 0 Å². The smallest absolute Gasteiger partial charge is 0.123 e. The highest BCUT2D eigenvalue weighted by Crippen LogP contribution is 2.36. The Morgan fingerprint density at radius 3 is 1.76 bits per heavy atom. The highest BCUT2D eigenvalue weighted by molar-refractivity contribution is 6.41. The molecule has 5 rings (SSSR count). The molecule has 0 aliphatic carbocycles. The van der Waals surface area contributed by atoms with E-state index in [9.17, 15) is 4.39 Å². The second kappa shape index (κ2) is 7.66. The topological polar surface area (TPSA) is 6.48 Å². The third-order valence-electron chi connectivity index (χ3n) is 5.92. The largest absolute Gasteiger partial charge is 0.369 e. The fraction of sp³-hybridized carbons (Fsp3) is 0.200. The normalized spacial score (nSPS) is 15.3. The van der Waals surface area contributed by atoms with Gasteiger partial charge in [0.15, 0.2) is 0 Å². The van der Waals surface area contributed by atoms with Crippen molar-refractivity contribution in [2.24, 2.45) is 0 Å². The Labute approximate surface area is 175 Å². The summed E-state index contributed by atoms with van der Waals surface area (Å²) in [7, 11) is 0. The molecule has 4 aromatic carbocycles. The highest BCUT2D eigenvalue weighted by atomic mass is 35.5. The van der Waals surface area contributed by atoms with Crippen LogP contribution in [0.3, 0.4) is 0 Å². The van der Waals surface area contributed by atoms with Crippen molar-refractivity contribution in [3.8, 4) is 0 Å². The first-order valence-electron chi connectivity index (χ1n) is 10.0. The van der Waals surface area contributed by atoms with E-state index in [1.54, 1.807) is 0 Å². The molecule has 1 saturated heterocycles. The van der Waals surface area contributed by atoms with Crippen LogP contribution in [-0.2, 0) is 6.54 Å². The van der Waals surface area contributed by atoms with E-state index in [0.29, 0.717) is 0 Å². The third kappa shape index (κ3) is 3.45. The van der Waals surface area contributed by atoms with Gasteiger partial charge in [-0.25, -0.2) is 4.39 Å². The monoisotopic (exact) mass is 404 g/mol. The van der Waals surface area contributed by atoms with Gasteiger partial charge in [-0.2, -0.15) is 0 Å². The molecule has 2 nitrogen and oxygen atoms in total. The van der Waals surface area contributed by atoms with Crippen LogP contribution in [-0.4, -0.2) is 31.1 Å². The van der Waals surface area contributed by atoms with E-state index >= 15 is 0 Å². The second-order valence-corrected chi connectivity index (χ2v) is 8.00. The van der Waals surface area contributed by atoms with Gasteiger partial charge in [-0.1, -0.05) is 60.1 Å². The van der Waals surface area contributed by atoms with Crippen LogP contribution in [0.15, 0.2) is 72.8 Å². The Morgan fingerprint density at radius 1 is 0.690 bits per heavy atom. The van der Waals surface area contributed by atoms with Gasteiger partial charge in [-0.05, 0) is 40.6 Å². The number of hydrogen-bond acceptors (Lipinski definition) is 2. The van der Waals surface area contributed by atoms with E-state index in [1.807, 2.05) is 24.3 Å². The molecule has 0 amide bonds. The van der Waals surface area contributed by atoms with E-state index in [2.05, 4.69) is 46.2 Å². The molecule has 0 unspecified atom stereocenters. The quantitative estimate of drug-likeness (QED) is 0.380. The van der Waals surface area contributed by atoms with Crippen LogP contribution in [0, 0.1) is 5.82 Å². The molecule has 0 aromatic heterocycles. The Bertz CT molecular complexity index is 1110. The minimum absolute atomic E-state index is 0.186. The standard InChI is InChI=1S/C25H22ClFN2/c26-25-22-7-3-1-5-20(22)24(21-6-2-4-8-23(21)25)17-28-13-15-29(16-14-28)19-11-9-18(27)10-12-19/h1-12H,13-17H2. The summed E-state index contributed by atoms with van der Waals surface area (Å²) in [5, 5.41) is 5.54. The van der Waals surface area contributed by atoms with Crippen LogP contribution in [0.2, 0.25) is 5.02 Å². The van der Waals surface area contributed by atoms with Crippen molar-refractivity contribution in [2.75, 3.05) is 31.1 Å². The minimum Gasteiger partial charge on any atom is -0.369 e. The molecule has 4 aromatic rings. The van der Waals surface area contributed by atoms with Crippen molar-refractivity contribution in [2.45, 2.75) is 6.54 Å². The van der Waals surface area contributed by atoms with Crippen LogP contribution >= 0.6 is 11.6 Å². The van der Waals surface area contributed by atoms with Crippen LogP contribution in [0.5, 0.6) is 0 Å². The first-order chi connectivity index (χ1) is 14.2. The zero-order valence-corrected chi connectivity index (χ0v) is 16.9. The molecule has 0 spiro atoms. The summed E-state index contributed by atoms with van der Waals surface area (Å²) in [6.07, 6.45) is 0. The summed E-state index contributed by atoms with van der Waals surface area (Å²) >= 11 is 6.74. The lowest BCUT2D eigenvalue weighted by molar-refractivity contribution is 0.251. The van der Waals surface area contributed by atoms with Gasteiger partial charge in [-0.15, -0.1) is 0 Å². The maximum absolute atomic E-state index is 13.2. The molecule has 1 aliphatic heterocycles. The molecule has 1 heterocycles. The SMILES string of the molecule is Fc1ccc(N2CCN(Cc3c4ccccc4c(Cl)c4ccccc34)CC2)cc1. The zero-order chi connectivity index (χ0) is 19.8. The van der Waals surface area contributed by atoms with Gasteiger partial charge in [-0.3, -0.25) is 4.90 Å². The number of nitrogens with zero attached hydrogens (tertiary/aromatic N) is 2. The Morgan fingerprint density at radius 2 is 1.21 bits per heavy atom. The van der Waals surface area contributed by atoms with Crippen molar-refractivity contribution >= 4 is 38.8 Å². The average molecular weight is 405 g/mol. The van der Waals surface area contributed by atoms with Crippen molar-refractivity contribution in [3.05, 3.63) is 89.2 Å². The maximum atomic E-state index is 13.2. The predicted octanol–water partition coefficient (Wildman–Crippen LogP) is 6.11. The number of hydrogen-bond donors (Lipinski definition) is 0. The maximum Gasteiger partial charge on any atom is 0.123 e. The number of fused-ring (bicyclic) bond motifs is 2. The Kier molecular flexibility index (Phi) is 4.86. The minimum atomic E-state index is -0.186. The average Bonchev–Trinajstić information content (AvgIpc) is 2.78. The van der Waals surface area contributed by atoms with Crippen molar-refractivity contribution in [1.29, 1.82) is 0 Å². The van der Waals surface area contributed by atoms with Crippen LogP contribution in [0.1, 0.15) is 5.56 Å². The summed E-state index contributed by atoms with van der Waals surface area (Å²) in [6.45, 7) is 4.73. The number of rotatable bonds is 3. The summed E-state index contributed by atoms with van der Waals surface area (Å²) in [6, 6.07) is 23.7. The lowest BCUT2D eigenvalue weighted by Crippen LogP contribution is -2.46. The molecular formula is C25H22ClFN2. The van der Waals surface area contributed by atoms with Gasteiger partial charge in [0.05, 0.1) is 5.02 Å². The molecule has 1 aliphatic rings. The Hall–Kier alpha value is -2.62. The molecule has 0 saturated carbocycles. The first-order valence-corrected chi connectivity index (χ1v) is 10.4. The molecule has 0 bridgehead atoms. The lowest BCUT2D eigenvalue weighted by atomic mass is 9.96. The predicted molar refractivity (Wildman–Crippen MR) is 120 cm³/mol. The van der Waals surface area contributed by atoms with Crippen molar-refractivity contribution < 1.29 is 4.39 Å². The van der Waals surface area contributed by atoms with Gasteiger partial charge in [0.2, 0.25) is 0 Å². The second-order valence-electron chi connectivity index (χ2n) is 7.62. The Balaban J connectivity index is 1.43. The zero-order valence-electron chi connectivity index (χ0n) is 16.1. The van der Waals surface area contributed by atoms with Crippen molar-refractivity contribution in [1.82, 2.24) is 4.90 Å². The van der Waals surface area contributed by atoms with Crippen LogP contribution < -0.4 is 4.90 Å². The van der Waals surface area contributed by atoms with E-state index < -0.39 is 0 Å². The molecule has 29 heavy (non-hydrogen) atoms. The number of benzene rings is 4. The van der Waals surface area contributed by atoms with E-state index in [1.165, 1.54) is 28.5 Å². The summed E-state index contributed by atoms with van der Waals surface area (Å²) in [5.41, 5.74) is 2.43. The van der Waals surface area contributed by atoms with Crippen LogP contribution in [0.25, 0.3) is 21.5 Å². The lowest BCUT2D eigenvalue weighted by Gasteiger charge is -2.36. The van der Waals surface area contributed by atoms with Gasteiger partial charge in [0.1, 0.15) is 5.82 Å². The van der Waals surface area contributed by atoms with Gasteiger partial charge in [0, 0.05) is 49.2 Å². The molecule has 0 radical (unpaired) electrons. The fourth-order valence-corrected chi connectivity index (χ4v) is 4.71. The van der Waals surface area contributed by atoms with Gasteiger partial charge >= 0.3 is 0 Å². The van der Waals surface area contributed by atoms with E-state index in [4.69, 9.17) is 11.6 Å². The molecular weight excluding hydrogens is 383 g/mol. The van der Waals surface area contributed by atoms with Crippen molar-refractivity contribution in [3.63, 3.8) is 0 Å². The highest BCUT2D eigenvalue weighted by Gasteiger charge is 2.20. The number of anilines is 1. The third-order valence-corrected chi connectivity index (χ3v) is 6.33. The summed E-state index contributed by atoms with van der Waals surface area (Å²) < 4.78 is 13.2. The molecule has 4 heteroatoms. The van der Waals surface area contributed by atoms with Crippen LogP contribution in [0.4, 0.5) is 10.1 Å². The summed E-state index contributed by atoms with van der Waals surface area (Å²) in [4.78, 5) is 4.83. The molecule has 146 valence electrons. The fourth-order valence-electron chi connectivity index (χ4n) is 4.38. The van der Waals surface area contributed by atoms with Gasteiger partial charge < -0.3 is 4.90 Å². The van der Waals surface area contributed by atoms with E-state index in [-0.39, 0.29) is 5.82 Å².